The number of fused-ring (bicyclic) bond motifs is 1. The number of nitrogens with one attached hydrogen (secondary N) is 1. The number of alkyl halides is 3. The fourth-order valence-corrected chi connectivity index (χ4v) is 1.35. The molecule has 16 heavy (non-hydrogen) atoms. The van der Waals surface area contributed by atoms with Gasteiger partial charge in [0.25, 0.3) is 0 Å². The molecule has 1 aromatic heterocycles. The van der Waals surface area contributed by atoms with Crippen LogP contribution in [-0.2, 0) is 11.0 Å². The van der Waals surface area contributed by atoms with Gasteiger partial charge in [-0.15, -0.1) is 0 Å². The number of nitrogens with zero attached hydrogens (tertiary/aromatic N) is 2. The highest BCUT2D eigenvalue weighted by molar-refractivity contribution is 5.78. The van der Waals surface area contributed by atoms with E-state index in [1.165, 1.54) is 17.1 Å². The summed E-state index contributed by atoms with van der Waals surface area (Å²) in [4.78, 5) is 14.0. The van der Waals surface area contributed by atoms with Crippen molar-refractivity contribution in [2.24, 2.45) is 0 Å². The van der Waals surface area contributed by atoms with Crippen LogP contribution in [0.4, 0.5) is 13.2 Å². The van der Waals surface area contributed by atoms with Crippen LogP contribution in [0.1, 0.15) is 5.56 Å². The van der Waals surface area contributed by atoms with Crippen molar-refractivity contribution < 1.29 is 18.0 Å². The predicted octanol–water partition coefficient (Wildman–Crippen LogP) is 1.75. The molecule has 1 aromatic carbocycles. The molecule has 0 aliphatic rings. The summed E-state index contributed by atoms with van der Waals surface area (Å²) in [6.07, 6.45) is -2.74. The summed E-state index contributed by atoms with van der Waals surface area (Å²) in [5.74, 6) is 0. The summed E-state index contributed by atoms with van der Waals surface area (Å²) in [5.41, 5.74) is 2.09. The topological polar surface area (TPSA) is 46.9 Å². The number of benzene rings is 1. The number of amides is 1. The third-order valence-electron chi connectivity index (χ3n) is 2.07. The van der Waals surface area contributed by atoms with Gasteiger partial charge in [0.15, 0.2) is 0 Å². The molecule has 0 saturated heterocycles. The van der Waals surface area contributed by atoms with E-state index in [4.69, 9.17) is 0 Å². The zero-order valence-electron chi connectivity index (χ0n) is 7.82. The van der Waals surface area contributed by atoms with Crippen LogP contribution in [0, 0.1) is 0 Å². The summed E-state index contributed by atoms with van der Waals surface area (Å²) < 4.78 is 38.3. The van der Waals surface area contributed by atoms with E-state index < -0.39 is 11.7 Å². The van der Waals surface area contributed by atoms with Crippen molar-refractivity contribution in [2.75, 3.05) is 5.43 Å². The Labute approximate surface area is 87.7 Å². The Morgan fingerprint density at radius 2 is 2.12 bits per heavy atom. The molecule has 1 amide bonds. The van der Waals surface area contributed by atoms with Gasteiger partial charge in [-0.1, -0.05) is 0 Å². The van der Waals surface area contributed by atoms with Crippen LogP contribution in [-0.4, -0.2) is 16.1 Å². The molecule has 0 saturated carbocycles. The second-order valence-corrected chi connectivity index (χ2v) is 3.06. The van der Waals surface area contributed by atoms with Gasteiger partial charge < -0.3 is 0 Å². The Bertz CT molecular complexity index is 532. The molecule has 0 spiro atoms. The van der Waals surface area contributed by atoms with Crippen LogP contribution >= 0.6 is 0 Å². The Hall–Kier alpha value is -2.05. The van der Waals surface area contributed by atoms with Crippen molar-refractivity contribution in [2.45, 2.75) is 6.18 Å². The summed E-state index contributed by atoms with van der Waals surface area (Å²) >= 11 is 0. The van der Waals surface area contributed by atoms with Gasteiger partial charge in [0.1, 0.15) is 6.33 Å². The number of halogens is 3. The first kappa shape index (κ1) is 10.5. The van der Waals surface area contributed by atoms with Gasteiger partial charge in [-0.2, -0.15) is 13.2 Å². The highest BCUT2D eigenvalue weighted by Gasteiger charge is 2.30. The minimum Gasteiger partial charge on any atom is -0.277 e. The van der Waals surface area contributed by atoms with E-state index in [9.17, 15) is 18.0 Å². The highest BCUT2D eigenvalue weighted by Crippen LogP contribution is 2.30. The van der Waals surface area contributed by atoms with Crippen LogP contribution in [0.3, 0.4) is 0 Å². The Morgan fingerprint density at radius 1 is 1.38 bits per heavy atom. The van der Waals surface area contributed by atoms with E-state index in [2.05, 4.69) is 10.4 Å². The number of hydrogen-bond donors (Lipinski definition) is 1. The quantitative estimate of drug-likeness (QED) is 0.797. The van der Waals surface area contributed by atoms with Gasteiger partial charge in [0, 0.05) is 0 Å². The third kappa shape index (κ3) is 1.71. The lowest BCUT2D eigenvalue weighted by atomic mass is 10.2. The molecule has 1 heterocycles. The molecule has 0 bridgehead atoms. The van der Waals surface area contributed by atoms with Crippen molar-refractivity contribution in [3.8, 4) is 0 Å². The number of rotatable bonds is 2. The highest BCUT2D eigenvalue weighted by atomic mass is 19.4. The van der Waals surface area contributed by atoms with E-state index >= 15 is 0 Å². The van der Waals surface area contributed by atoms with Crippen molar-refractivity contribution in [3.05, 3.63) is 30.1 Å². The summed E-state index contributed by atoms with van der Waals surface area (Å²) in [6.45, 7) is 0. The van der Waals surface area contributed by atoms with Crippen LogP contribution in [0.5, 0.6) is 0 Å². The first-order valence-corrected chi connectivity index (χ1v) is 4.27. The van der Waals surface area contributed by atoms with Crippen molar-refractivity contribution >= 4 is 17.4 Å². The number of carbonyl (C=O) groups is 1. The average Bonchev–Trinajstić information content (AvgIpc) is 2.60. The molecule has 0 atom stereocenters. The fraction of sp³-hybridized carbons (Fsp3) is 0.111. The molecule has 0 unspecified atom stereocenters. The second-order valence-electron chi connectivity index (χ2n) is 3.06. The molecule has 0 aliphatic carbocycles. The Morgan fingerprint density at radius 3 is 2.75 bits per heavy atom. The monoisotopic (exact) mass is 229 g/mol. The molecule has 2 rings (SSSR count). The summed E-state index contributed by atoms with van der Waals surface area (Å²) in [5, 5.41) is 0. The van der Waals surface area contributed by atoms with Crippen LogP contribution in [0.2, 0.25) is 0 Å². The first-order chi connectivity index (χ1) is 7.52. The molecular formula is C9H6F3N3O. The van der Waals surface area contributed by atoms with E-state index in [-0.39, 0.29) is 5.52 Å². The normalized spacial score (nSPS) is 11.7. The fourth-order valence-electron chi connectivity index (χ4n) is 1.35. The summed E-state index contributed by atoms with van der Waals surface area (Å²) in [6, 6.07) is 3.12. The molecule has 1 N–H and O–H groups in total. The van der Waals surface area contributed by atoms with Gasteiger partial charge >= 0.3 is 6.18 Å². The lowest BCUT2D eigenvalue weighted by Crippen LogP contribution is -2.10. The molecular weight excluding hydrogens is 223 g/mol. The maximum atomic E-state index is 12.4. The van der Waals surface area contributed by atoms with Crippen LogP contribution < -0.4 is 5.43 Å². The van der Waals surface area contributed by atoms with Gasteiger partial charge in [-0.05, 0) is 18.2 Å². The molecule has 4 nitrogen and oxygen atoms in total. The second kappa shape index (κ2) is 3.51. The third-order valence-corrected chi connectivity index (χ3v) is 2.07. The van der Waals surface area contributed by atoms with E-state index in [1.807, 2.05) is 0 Å². The molecule has 84 valence electrons. The van der Waals surface area contributed by atoms with Crippen molar-refractivity contribution in [1.82, 2.24) is 9.66 Å². The Balaban J connectivity index is 2.53. The lowest BCUT2D eigenvalue weighted by molar-refractivity contribution is -0.137. The number of aromatic nitrogens is 2. The van der Waals surface area contributed by atoms with Crippen LogP contribution in [0.15, 0.2) is 24.5 Å². The maximum absolute atomic E-state index is 12.4. The average molecular weight is 229 g/mol. The maximum Gasteiger partial charge on any atom is 0.416 e. The predicted molar refractivity (Wildman–Crippen MR) is 50.2 cm³/mol. The standard InChI is InChI=1S/C9H6F3N3O/c10-9(11,12)6-1-2-8-7(3-6)13-4-15(8)14-5-16/h1-5H,(H,14,16). The molecule has 0 aliphatic heterocycles. The minimum absolute atomic E-state index is 0.171. The van der Waals surface area contributed by atoms with Crippen molar-refractivity contribution in [1.29, 1.82) is 0 Å². The first-order valence-electron chi connectivity index (χ1n) is 4.27. The molecule has 2 aromatic rings. The lowest BCUT2D eigenvalue weighted by Gasteiger charge is -2.06. The molecule has 7 heteroatoms. The van der Waals surface area contributed by atoms with E-state index in [1.54, 1.807) is 0 Å². The van der Waals surface area contributed by atoms with E-state index in [0.717, 1.165) is 12.1 Å². The van der Waals surface area contributed by atoms with Gasteiger partial charge in [-0.3, -0.25) is 10.2 Å². The number of carbonyl (C=O) groups excluding carboxylic acids is 1. The van der Waals surface area contributed by atoms with E-state index in [0.29, 0.717) is 11.9 Å². The SMILES string of the molecule is O=CNn1cnc2cc(C(F)(F)F)ccc21. The largest absolute Gasteiger partial charge is 0.416 e. The van der Waals surface area contributed by atoms with Crippen LogP contribution in [0.25, 0.3) is 11.0 Å². The smallest absolute Gasteiger partial charge is 0.277 e. The minimum atomic E-state index is -4.39. The van der Waals surface area contributed by atoms with Crippen molar-refractivity contribution in [3.63, 3.8) is 0 Å². The molecule has 0 radical (unpaired) electrons. The Kier molecular flexibility index (Phi) is 2.30. The summed E-state index contributed by atoms with van der Waals surface area (Å²) in [7, 11) is 0. The molecule has 0 fully saturated rings. The van der Waals surface area contributed by atoms with Gasteiger partial charge in [0.2, 0.25) is 6.41 Å². The van der Waals surface area contributed by atoms with Gasteiger partial charge in [0.05, 0.1) is 16.6 Å². The van der Waals surface area contributed by atoms with Gasteiger partial charge in [-0.25, -0.2) is 9.66 Å². The number of hydrogen-bond acceptors (Lipinski definition) is 2. The zero-order valence-corrected chi connectivity index (χ0v) is 7.82. The zero-order chi connectivity index (χ0) is 11.8. The number of imidazole rings is 1.